The summed E-state index contributed by atoms with van der Waals surface area (Å²) in [5.41, 5.74) is 0. The van der Waals surface area contributed by atoms with Gasteiger partial charge in [-0.2, -0.15) is 0 Å². The SMILES string of the molecule is C=C(Br)CNCc1cc(Br)cs1. The molecule has 0 amide bonds. The summed E-state index contributed by atoms with van der Waals surface area (Å²) >= 11 is 8.45. The minimum absolute atomic E-state index is 0.815. The average Bonchev–Trinajstić information content (AvgIpc) is 2.35. The lowest BCUT2D eigenvalue weighted by Crippen LogP contribution is -2.13. The van der Waals surface area contributed by atoms with Crippen molar-refractivity contribution in [1.29, 1.82) is 0 Å². The predicted octanol–water partition coefficient (Wildman–Crippen LogP) is 3.51. The summed E-state index contributed by atoms with van der Waals surface area (Å²) in [6.45, 7) is 5.46. The van der Waals surface area contributed by atoms with E-state index in [-0.39, 0.29) is 0 Å². The van der Waals surface area contributed by atoms with Gasteiger partial charge >= 0.3 is 0 Å². The minimum Gasteiger partial charge on any atom is -0.307 e. The van der Waals surface area contributed by atoms with Crippen molar-refractivity contribution in [2.75, 3.05) is 6.54 Å². The molecule has 0 fully saturated rings. The van der Waals surface area contributed by atoms with Crippen molar-refractivity contribution >= 4 is 43.2 Å². The van der Waals surface area contributed by atoms with Gasteiger partial charge in [0, 0.05) is 32.3 Å². The second-order valence-corrected chi connectivity index (χ2v) is 5.38. The Morgan fingerprint density at radius 3 is 2.92 bits per heavy atom. The van der Waals surface area contributed by atoms with Gasteiger partial charge in [0.05, 0.1) is 0 Å². The zero-order valence-electron chi connectivity index (χ0n) is 6.44. The second kappa shape index (κ2) is 5.17. The van der Waals surface area contributed by atoms with Crippen molar-refractivity contribution in [3.63, 3.8) is 0 Å². The molecule has 1 aromatic rings. The number of rotatable bonds is 4. The van der Waals surface area contributed by atoms with Gasteiger partial charge in [0.2, 0.25) is 0 Å². The fourth-order valence-electron chi connectivity index (χ4n) is 0.768. The maximum atomic E-state index is 3.74. The molecule has 1 rings (SSSR count). The molecular formula is C8H9Br2NS. The molecule has 0 aromatic carbocycles. The first-order valence-corrected chi connectivity index (χ1v) is 5.92. The van der Waals surface area contributed by atoms with E-state index in [0.717, 1.165) is 22.0 Å². The summed E-state index contributed by atoms with van der Waals surface area (Å²) in [5.74, 6) is 0. The quantitative estimate of drug-likeness (QED) is 0.897. The number of thiophene rings is 1. The molecule has 1 aromatic heterocycles. The van der Waals surface area contributed by atoms with Gasteiger partial charge in [0.1, 0.15) is 0 Å². The third kappa shape index (κ3) is 3.85. The molecule has 66 valence electrons. The molecule has 0 bridgehead atoms. The molecule has 0 aliphatic rings. The van der Waals surface area contributed by atoms with Crippen LogP contribution >= 0.6 is 43.2 Å². The van der Waals surface area contributed by atoms with Gasteiger partial charge in [-0.05, 0) is 22.0 Å². The first kappa shape index (κ1) is 10.4. The van der Waals surface area contributed by atoms with Crippen LogP contribution in [0.3, 0.4) is 0 Å². The summed E-state index contributed by atoms with van der Waals surface area (Å²) in [7, 11) is 0. The number of nitrogens with one attached hydrogen (secondary N) is 1. The Morgan fingerprint density at radius 2 is 2.42 bits per heavy atom. The van der Waals surface area contributed by atoms with Gasteiger partial charge in [0.25, 0.3) is 0 Å². The standard InChI is InChI=1S/C8H9Br2NS/c1-6(9)3-11-4-8-2-7(10)5-12-8/h2,5,11H,1,3-4H2. The highest BCUT2D eigenvalue weighted by molar-refractivity contribution is 9.11. The van der Waals surface area contributed by atoms with Gasteiger partial charge in [-0.15, -0.1) is 11.3 Å². The van der Waals surface area contributed by atoms with Crippen LogP contribution in [-0.2, 0) is 6.54 Å². The van der Waals surface area contributed by atoms with Crippen LogP contribution in [0.15, 0.2) is 27.0 Å². The zero-order valence-corrected chi connectivity index (χ0v) is 10.4. The molecule has 1 heterocycles. The lowest BCUT2D eigenvalue weighted by atomic mass is 10.4. The van der Waals surface area contributed by atoms with Gasteiger partial charge in [-0.1, -0.05) is 22.5 Å². The van der Waals surface area contributed by atoms with E-state index in [2.05, 4.69) is 55.2 Å². The van der Waals surface area contributed by atoms with E-state index in [0.29, 0.717) is 0 Å². The van der Waals surface area contributed by atoms with Crippen LogP contribution in [0.25, 0.3) is 0 Å². The third-order valence-corrected chi connectivity index (χ3v) is 3.22. The van der Waals surface area contributed by atoms with Crippen molar-refractivity contribution in [2.45, 2.75) is 6.54 Å². The molecule has 0 unspecified atom stereocenters. The number of halogens is 2. The van der Waals surface area contributed by atoms with E-state index in [1.807, 2.05) is 0 Å². The van der Waals surface area contributed by atoms with Gasteiger partial charge in [-0.25, -0.2) is 0 Å². The van der Waals surface area contributed by atoms with Crippen LogP contribution < -0.4 is 5.32 Å². The fraction of sp³-hybridized carbons (Fsp3) is 0.250. The average molecular weight is 311 g/mol. The Bertz CT molecular complexity index is 270. The lowest BCUT2D eigenvalue weighted by molar-refractivity contribution is 0.767. The van der Waals surface area contributed by atoms with E-state index in [1.165, 1.54) is 4.88 Å². The van der Waals surface area contributed by atoms with Crippen molar-refractivity contribution in [1.82, 2.24) is 5.32 Å². The molecule has 0 radical (unpaired) electrons. The van der Waals surface area contributed by atoms with Crippen molar-refractivity contribution < 1.29 is 0 Å². The topological polar surface area (TPSA) is 12.0 Å². The first-order valence-electron chi connectivity index (χ1n) is 3.45. The molecule has 0 atom stereocenters. The Hall–Kier alpha value is 0.360. The maximum absolute atomic E-state index is 3.74. The summed E-state index contributed by atoms with van der Waals surface area (Å²) in [6.07, 6.45) is 0. The van der Waals surface area contributed by atoms with Crippen LogP contribution in [0.2, 0.25) is 0 Å². The number of hydrogen-bond acceptors (Lipinski definition) is 2. The Labute approximate surface area is 93.1 Å². The van der Waals surface area contributed by atoms with Gasteiger partial charge in [-0.3, -0.25) is 0 Å². The molecule has 0 spiro atoms. The highest BCUT2D eigenvalue weighted by Gasteiger charge is 1.96. The predicted molar refractivity (Wildman–Crippen MR) is 61.8 cm³/mol. The smallest absolute Gasteiger partial charge is 0.0303 e. The summed E-state index contributed by atoms with van der Waals surface area (Å²) < 4.78 is 2.14. The molecule has 0 saturated heterocycles. The van der Waals surface area contributed by atoms with Crippen LogP contribution in [0, 0.1) is 0 Å². The first-order chi connectivity index (χ1) is 5.68. The largest absolute Gasteiger partial charge is 0.307 e. The Morgan fingerprint density at radius 1 is 1.67 bits per heavy atom. The summed E-state index contributed by atoms with van der Waals surface area (Å²) in [4.78, 5) is 1.33. The van der Waals surface area contributed by atoms with Crippen molar-refractivity contribution in [3.8, 4) is 0 Å². The molecule has 1 nitrogen and oxygen atoms in total. The number of hydrogen-bond donors (Lipinski definition) is 1. The molecule has 0 aliphatic heterocycles. The normalized spacial score (nSPS) is 10.2. The Balaban J connectivity index is 2.29. The van der Waals surface area contributed by atoms with E-state index < -0.39 is 0 Å². The second-order valence-electron chi connectivity index (χ2n) is 2.35. The third-order valence-electron chi connectivity index (χ3n) is 1.24. The minimum atomic E-state index is 0.815. The van der Waals surface area contributed by atoms with Crippen LogP contribution in [0.4, 0.5) is 0 Å². The summed E-state index contributed by atoms with van der Waals surface area (Å²) in [6, 6.07) is 2.12. The highest BCUT2D eigenvalue weighted by Crippen LogP contribution is 2.19. The summed E-state index contributed by atoms with van der Waals surface area (Å²) in [5, 5.41) is 5.34. The zero-order chi connectivity index (χ0) is 8.97. The van der Waals surface area contributed by atoms with Crippen molar-refractivity contribution in [2.24, 2.45) is 0 Å². The maximum Gasteiger partial charge on any atom is 0.0303 e. The monoisotopic (exact) mass is 309 g/mol. The van der Waals surface area contributed by atoms with E-state index in [1.54, 1.807) is 11.3 Å². The molecule has 4 heteroatoms. The van der Waals surface area contributed by atoms with E-state index in [9.17, 15) is 0 Å². The fourth-order valence-corrected chi connectivity index (χ4v) is 2.39. The van der Waals surface area contributed by atoms with Crippen LogP contribution in [0.5, 0.6) is 0 Å². The molecule has 0 aliphatic carbocycles. The van der Waals surface area contributed by atoms with Gasteiger partial charge < -0.3 is 5.32 Å². The van der Waals surface area contributed by atoms with E-state index >= 15 is 0 Å². The molecule has 0 saturated carbocycles. The molecular weight excluding hydrogens is 302 g/mol. The Kier molecular flexibility index (Phi) is 4.50. The van der Waals surface area contributed by atoms with Crippen molar-refractivity contribution in [3.05, 3.63) is 31.9 Å². The van der Waals surface area contributed by atoms with E-state index in [4.69, 9.17) is 0 Å². The van der Waals surface area contributed by atoms with Crippen LogP contribution in [0.1, 0.15) is 4.88 Å². The van der Waals surface area contributed by atoms with Gasteiger partial charge in [0.15, 0.2) is 0 Å². The highest BCUT2D eigenvalue weighted by atomic mass is 79.9. The molecule has 1 N–H and O–H groups in total. The van der Waals surface area contributed by atoms with Crippen LogP contribution in [-0.4, -0.2) is 6.54 Å². The molecule has 12 heavy (non-hydrogen) atoms. The lowest BCUT2D eigenvalue weighted by Gasteiger charge is -1.99.